The lowest BCUT2D eigenvalue weighted by atomic mass is 9.91. The highest BCUT2D eigenvalue weighted by Crippen LogP contribution is 2.34. The molecule has 204 valence electrons. The van der Waals surface area contributed by atoms with Crippen molar-refractivity contribution in [2.45, 2.75) is 30.5 Å². The fraction of sp³-hybridized carbons (Fsp3) is 0.280. The number of aromatic nitrogens is 4. The summed E-state index contributed by atoms with van der Waals surface area (Å²) in [4.78, 5) is 19.1. The molecule has 5 rings (SSSR count). The Kier molecular flexibility index (Phi) is 7.27. The van der Waals surface area contributed by atoms with Crippen LogP contribution in [0, 0.1) is 17.5 Å². The molecule has 0 spiro atoms. The predicted octanol–water partition coefficient (Wildman–Crippen LogP) is 2.25. The maximum atomic E-state index is 13.7. The lowest BCUT2D eigenvalue weighted by molar-refractivity contribution is -0.205. The van der Waals surface area contributed by atoms with E-state index in [1.807, 2.05) is 0 Å². The number of benzene rings is 2. The van der Waals surface area contributed by atoms with Crippen molar-refractivity contribution in [3.63, 3.8) is 0 Å². The molecule has 5 atom stereocenters. The number of hydrogen-bond donors (Lipinski definition) is 3. The van der Waals surface area contributed by atoms with Gasteiger partial charge in [-0.15, -0.1) is 5.10 Å². The topological polar surface area (TPSA) is 134 Å². The normalized spacial score (nSPS) is 23.2. The number of amides is 1. The fourth-order valence-corrected chi connectivity index (χ4v) is 4.80. The SMILES string of the molecule is CN(C(=O)[C@@H]1O[C@H](CO)[C@H](O)[C@H](n2cc(-c3cc(F)c(F)c(F)c3)nn2)[C@H]1O)c1cc(Cl)cc2cccnc12. The minimum Gasteiger partial charge on any atom is -0.394 e. The Morgan fingerprint density at radius 1 is 1.15 bits per heavy atom. The molecule has 2 aromatic carbocycles. The average Bonchev–Trinajstić information content (AvgIpc) is 3.40. The summed E-state index contributed by atoms with van der Waals surface area (Å²) in [5.74, 6) is -5.28. The van der Waals surface area contributed by atoms with E-state index in [0.717, 1.165) is 10.9 Å². The second-order valence-electron chi connectivity index (χ2n) is 8.98. The largest absolute Gasteiger partial charge is 0.394 e. The molecule has 1 aliphatic rings. The third-order valence-electron chi connectivity index (χ3n) is 6.57. The molecule has 0 bridgehead atoms. The highest BCUT2D eigenvalue weighted by atomic mass is 35.5. The third-order valence-corrected chi connectivity index (χ3v) is 6.79. The van der Waals surface area contributed by atoms with Crippen LogP contribution in [0.25, 0.3) is 22.2 Å². The van der Waals surface area contributed by atoms with Gasteiger partial charge in [0.2, 0.25) is 0 Å². The van der Waals surface area contributed by atoms with Crippen LogP contribution < -0.4 is 4.90 Å². The molecule has 3 heterocycles. The van der Waals surface area contributed by atoms with Gasteiger partial charge in [0, 0.05) is 29.2 Å². The van der Waals surface area contributed by atoms with Crippen LogP contribution in [0.3, 0.4) is 0 Å². The van der Waals surface area contributed by atoms with Crippen molar-refractivity contribution in [1.82, 2.24) is 20.0 Å². The number of halogens is 4. The third kappa shape index (κ3) is 4.83. The number of rotatable bonds is 5. The van der Waals surface area contributed by atoms with Crippen molar-refractivity contribution >= 4 is 34.1 Å². The van der Waals surface area contributed by atoms with Gasteiger partial charge in [0.05, 0.1) is 24.0 Å². The van der Waals surface area contributed by atoms with E-state index in [1.165, 1.54) is 18.0 Å². The molecule has 2 aromatic heterocycles. The molecule has 1 fully saturated rings. The maximum absolute atomic E-state index is 13.7. The summed E-state index contributed by atoms with van der Waals surface area (Å²) in [5, 5.41) is 40.5. The average molecular weight is 564 g/mol. The Hall–Kier alpha value is -3.62. The minimum absolute atomic E-state index is 0.101. The van der Waals surface area contributed by atoms with Crippen molar-refractivity contribution in [1.29, 1.82) is 0 Å². The molecule has 14 heteroatoms. The van der Waals surface area contributed by atoms with Crippen molar-refractivity contribution in [3.8, 4) is 11.3 Å². The van der Waals surface area contributed by atoms with Gasteiger partial charge in [-0.05, 0) is 30.3 Å². The molecule has 0 unspecified atom stereocenters. The number of aliphatic hydroxyl groups is 3. The molecular weight excluding hydrogens is 543 g/mol. The van der Waals surface area contributed by atoms with Gasteiger partial charge in [-0.1, -0.05) is 22.9 Å². The second kappa shape index (κ2) is 10.5. The minimum atomic E-state index is -1.72. The van der Waals surface area contributed by atoms with Crippen LogP contribution >= 0.6 is 11.6 Å². The first-order valence-electron chi connectivity index (χ1n) is 11.6. The molecule has 1 amide bonds. The standard InChI is InChI=1S/C25H21ClF3N5O5/c1-33(17-8-13(26)5-11-3-2-4-30-20(11)17)25(38)24-23(37)21(22(36)18(10-35)39-24)34-9-16(31-32-34)12-6-14(27)19(29)15(28)7-12/h2-9,18,21-24,35-37H,10H2,1H3/t18-,21+,22+,23-,24-/m1/s1. The van der Waals surface area contributed by atoms with Gasteiger partial charge < -0.3 is 25.0 Å². The summed E-state index contributed by atoms with van der Waals surface area (Å²) < 4.78 is 47.4. The second-order valence-corrected chi connectivity index (χ2v) is 9.42. The van der Waals surface area contributed by atoms with Gasteiger partial charge in [-0.25, -0.2) is 17.9 Å². The van der Waals surface area contributed by atoms with Gasteiger partial charge in [0.25, 0.3) is 5.91 Å². The van der Waals surface area contributed by atoms with E-state index in [-0.39, 0.29) is 11.3 Å². The molecule has 39 heavy (non-hydrogen) atoms. The van der Waals surface area contributed by atoms with Gasteiger partial charge in [0.1, 0.15) is 30.0 Å². The summed E-state index contributed by atoms with van der Waals surface area (Å²) >= 11 is 6.24. The van der Waals surface area contributed by atoms with E-state index in [1.54, 1.807) is 24.4 Å². The Morgan fingerprint density at radius 3 is 2.56 bits per heavy atom. The van der Waals surface area contributed by atoms with E-state index in [0.29, 0.717) is 33.7 Å². The van der Waals surface area contributed by atoms with Crippen LogP contribution in [0.4, 0.5) is 18.9 Å². The maximum Gasteiger partial charge on any atom is 0.258 e. The summed E-state index contributed by atoms with van der Waals surface area (Å²) in [6, 6.07) is 6.71. The van der Waals surface area contributed by atoms with E-state index in [2.05, 4.69) is 15.3 Å². The Labute approximate surface area is 223 Å². The van der Waals surface area contributed by atoms with E-state index in [4.69, 9.17) is 16.3 Å². The van der Waals surface area contributed by atoms with Crippen LogP contribution in [0.5, 0.6) is 0 Å². The summed E-state index contributed by atoms with van der Waals surface area (Å²) in [6.45, 7) is -0.713. The summed E-state index contributed by atoms with van der Waals surface area (Å²) in [6.07, 6.45) is -3.49. The Bertz CT molecular complexity index is 1530. The lowest BCUT2D eigenvalue weighted by Gasteiger charge is -2.42. The quantitative estimate of drug-likeness (QED) is 0.315. The van der Waals surface area contributed by atoms with Crippen LogP contribution in [-0.2, 0) is 9.53 Å². The smallest absolute Gasteiger partial charge is 0.258 e. The number of aliphatic hydroxyl groups excluding tert-OH is 3. The number of fused-ring (bicyclic) bond motifs is 1. The highest BCUT2D eigenvalue weighted by Gasteiger charge is 2.49. The number of hydrogen-bond acceptors (Lipinski definition) is 8. The molecule has 0 saturated carbocycles. The first-order chi connectivity index (χ1) is 18.6. The van der Waals surface area contributed by atoms with Crippen LogP contribution in [0.1, 0.15) is 6.04 Å². The van der Waals surface area contributed by atoms with Crippen LogP contribution in [-0.4, -0.2) is 79.3 Å². The van der Waals surface area contributed by atoms with Crippen LogP contribution in [0.2, 0.25) is 5.02 Å². The van der Waals surface area contributed by atoms with Gasteiger partial charge in [0.15, 0.2) is 23.6 Å². The number of ether oxygens (including phenoxy) is 1. The lowest BCUT2D eigenvalue weighted by Crippen LogP contribution is -2.60. The van der Waals surface area contributed by atoms with Crippen molar-refractivity contribution in [2.24, 2.45) is 0 Å². The Balaban J connectivity index is 1.48. The van der Waals surface area contributed by atoms with E-state index >= 15 is 0 Å². The number of carbonyl (C=O) groups is 1. The molecule has 1 aliphatic heterocycles. The molecular formula is C25H21ClF3N5O5. The zero-order valence-electron chi connectivity index (χ0n) is 20.1. The highest BCUT2D eigenvalue weighted by molar-refractivity contribution is 6.32. The zero-order valence-corrected chi connectivity index (χ0v) is 20.9. The molecule has 3 N–H and O–H groups in total. The number of pyridine rings is 1. The first kappa shape index (κ1) is 27.0. The molecule has 0 radical (unpaired) electrons. The van der Waals surface area contributed by atoms with Gasteiger partial charge in [-0.3, -0.25) is 9.78 Å². The molecule has 0 aliphatic carbocycles. The van der Waals surface area contributed by atoms with Crippen molar-refractivity contribution < 1.29 is 38.0 Å². The van der Waals surface area contributed by atoms with Crippen molar-refractivity contribution in [3.05, 3.63) is 71.3 Å². The van der Waals surface area contributed by atoms with E-state index in [9.17, 15) is 33.3 Å². The fourth-order valence-electron chi connectivity index (χ4n) is 4.58. The predicted molar refractivity (Wildman–Crippen MR) is 132 cm³/mol. The molecule has 1 saturated heterocycles. The number of nitrogens with zero attached hydrogens (tertiary/aromatic N) is 5. The number of anilines is 1. The number of likely N-dealkylation sites (N-methyl/N-ethyl adjacent to an activating group) is 1. The first-order valence-corrected chi connectivity index (χ1v) is 12.0. The van der Waals surface area contributed by atoms with Gasteiger partial charge >= 0.3 is 0 Å². The van der Waals surface area contributed by atoms with Crippen molar-refractivity contribution in [2.75, 3.05) is 18.6 Å². The molecule has 10 nitrogen and oxygen atoms in total. The van der Waals surface area contributed by atoms with E-state index < -0.39 is 60.4 Å². The van der Waals surface area contributed by atoms with Gasteiger partial charge in [-0.2, -0.15) is 0 Å². The summed E-state index contributed by atoms with van der Waals surface area (Å²) in [7, 11) is 1.43. The van der Waals surface area contributed by atoms with Crippen LogP contribution in [0.15, 0.2) is 48.8 Å². The Morgan fingerprint density at radius 2 is 1.87 bits per heavy atom. The summed E-state index contributed by atoms with van der Waals surface area (Å²) in [5.41, 5.74) is 0.527. The number of carbonyl (C=O) groups excluding carboxylic acids is 1. The monoisotopic (exact) mass is 563 g/mol. The zero-order chi connectivity index (χ0) is 28.0. The molecule has 4 aromatic rings.